The molecule has 6 rings (SSSR count). The van der Waals surface area contributed by atoms with Crippen LogP contribution in [0, 0.1) is 30.1 Å². The van der Waals surface area contributed by atoms with E-state index in [1.54, 1.807) is 0 Å². The Balaban J connectivity index is 1.11. The predicted octanol–water partition coefficient (Wildman–Crippen LogP) is 5.84. The molecule has 1 aromatic rings. The molecule has 7 atom stereocenters. The maximum atomic E-state index is 13.5. The summed E-state index contributed by atoms with van der Waals surface area (Å²) in [4.78, 5) is 13.5. The fraction of sp³-hybridized carbons (Fsp3) is 0.811. The van der Waals surface area contributed by atoms with Crippen LogP contribution in [0.3, 0.4) is 0 Å². The molecule has 258 valence electrons. The standard InChI is InChI=1S/C37H62N6O2S/c1-25-8-9-30(42-35(44)34-26(2)41-36(46-34)27-11-17-38-18-12-27)21-32(25)43-33-10-16-37(14-6-4-5-7-15-37)22-28(13-19-40-33)29-20-31(45-3)24-39-23-29/h8-9,21,26-29,31,33-34,36,38-41,43H,4-7,10-20,22-24H2,1-3H3,(H,42,44). The monoisotopic (exact) mass is 654 g/mol. The fourth-order valence-electron chi connectivity index (χ4n) is 9.29. The van der Waals surface area contributed by atoms with Crippen LogP contribution in [0.1, 0.15) is 96.0 Å². The summed E-state index contributed by atoms with van der Waals surface area (Å²) in [6, 6.07) is 6.54. The number of aryl methyl sites for hydroxylation is 1. The highest BCUT2D eigenvalue weighted by molar-refractivity contribution is 8.01. The zero-order chi connectivity index (χ0) is 31.9. The summed E-state index contributed by atoms with van der Waals surface area (Å²) in [5, 5.41) is 22.3. The minimum atomic E-state index is -0.0733. The molecule has 8 nitrogen and oxygen atoms in total. The van der Waals surface area contributed by atoms with Gasteiger partial charge in [-0.1, -0.05) is 31.7 Å². The van der Waals surface area contributed by atoms with Gasteiger partial charge in [-0.05, 0) is 139 Å². The highest BCUT2D eigenvalue weighted by Gasteiger charge is 2.41. The van der Waals surface area contributed by atoms with Crippen LogP contribution in [0.2, 0.25) is 0 Å². The molecular formula is C37H62N6O2S. The summed E-state index contributed by atoms with van der Waals surface area (Å²) >= 11 is 1.83. The van der Waals surface area contributed by atoms with Crippen LogP contribution in [0.4, 0.5) is 11.4 Å². The van der Waals surface area contributed by atoms with Crippen molar-refractivity contribution in [1.82, 2.24) is 21.3 Å². The van der Waals surface area contributed by atoms with Gasteiger partial charge in [-0.3, -0.25) is 10.1 Å². The number of hydrogen-bond acceptors (Lipinski definition) is 8. The van der Waals surface area contributed by atoms with Gasteiger partial charge >= 0.3 is 0 Å². The summed E-state index contributed by atoms with van der Waals surface area (Å²) in [7, 11) is 1.88. The molecule has 4 saturated heterocycles. The Bertz CT molecular complexity index is 1120. The molecular weight excluding hydrogens is 593 g/mol. The van der Waals surface area contributed by atoms with Crippen molar-refractivity contribution in [2.45, 2.75) is 126 Å². The number of thioether (sulfide) groups is 1. The van der Waals surface area contributed by atoms with E-state index in [0.717, 1.165) is 56.4 Å². The zero-order valence-corrected chi connectivity index (χ0v) is 29.6. The average Bonchev–Trinajstić information content (AvgIpc) is 3.36. The van der Waals surface area contributed by atoms with Crippen LogP contribution in [0.5, 0.6) is 0 Å². The first kappa shape index (κ1) is 34.5. The maximum absolute atomic E-state index is 13.5. The lowest BCUT2D eigenvalue weighted by Crippen LogP contribution is -2.44. The minimum absolute atomic E-state index is 0.0733. The maximum Gasteiger partial charge on any atom is 0.239 e. The van der Waals surface area contributed by atoms with Gasteiger partial charge in [-0.15, -0.1) is 11.8 Å². The van der Waals surface area contributed by atoms with Gasteiger partial charge < -0.3 is 31.3 Å². The van der Waals surface area contributed by atoms with Crippen molar-refractivity contribution in [3.63, 3.8) is 0 Å². The lowest BCUT2D eigenvalue weighted by molar-refractivity contribution is -0.115. The van der Waals surface area contributed by atoms with Crippen LogP contribution in [-0.4, -0.2) is 74.7 Å². The van der Waals surface area contributed by atoms with Crippen molar-refractivity contribution in [2.24, 2.45) is 23.2 Å². The first-order valence-corrected chi connectivity index (χ1v) is 19.6. The number of anilines is 2. The second-order valence-electron chi connectivity index (χ2n) is 15.4. The Hall–Kier alpha value is -1.36. The van der Waals surface area contributed by atoms with Crippen molar-refractivity contribution < 1.29 is 9.53 Å². The molecule has 1 spiro atoms. The molecule has 0 bridgehead atoms. The number of methoxy groups -OCH3 is 1. The van der Waals surface area contributed by atoms with E-state index in [1.165, 1.54) is 82.6 Å². The fourth-order valence-corrected chi connectivity index (χ4v) is 10.9. The lowest BCUT2D eigenvalue weighted by atomic mass is 9.66. The molecule has 4 aliphatic heterocycles. The summed E-state index contributed by atoms with van der Waals surface area (Å²) in [6.07, 6.45) is 17.5. The summed E-state index contributed by atoms with van der Waals surface area (Å²) in [5.74, 6) is 2.18. The molecule has 46 heavy (non-hydrogen) atoms. The third kappa shape index (κ3) is 8.80. The van der Waals surface area contributed by atoms with Crippen LogP contribution in [0.25, 0.3) is 0 Å². The topological polar surface area (TPSA) is 98.5 Å². The number of carbonyl (C=O) groups is 1. The van der Waals surface area contributed by atoms with E-state index in [4.69, 9.17) is 4.74 Å². The first-order valence-electron chi connectivity index (χ1n) is 18.7. The number of amides is 1. The molecule has 1 saturated carbocycles. The van der Waals surface area contributed by atoms with Crippen molar-refractivity contribution >= 4 is 29.0 Å². The van der Waals surface area contributed by atoms with E-state index in [0.29, 0.717) is 28.7 Å². The van der Waals surface area contributed by atoms with Crippen LogP contribution < -0.4 is 31.9 Å². The quantitative estimate of drug-likeness (QED) is 0.219. The normalized spacial score (nSPS) is 34.6. The Morgan fingerprint density at radius 2 is 1.72 bits per heavy atom. The van der Waals surface area contributed by atoms with Gasteiger partial charge in [-0.2, -0.15) is 0 Å². The SMILES string of the molecule is COC1CNCC(C2CCNC(Nc3cc(NC(=O)C4SC(C5CCNCC5)NC4C)ccc3C)CCC3(CCCCCC3)C2)C1. The second-order valence-corrected chi connectivity index (χ2v) is 16.7. The predicted molar refractivity (Wildman–Crippen MR) is 192 cm³/mol. The molecule has 0 radical (unpaired) electrons. The number of piperidine rings is 2. The third-order valence-corrected chi connectivity index (χ3v) is 13.9. The van der Waals surface area contributed by atoms with Crippen molar-refractivity contribution in [1.29, 1.82) is 0 Å². The minimum Gasteiger partial charge on any atom is -0.380 e. The lowest BCUT2D eigenvalue weighted by Gasteiger charge is -2.41. The van der Waals surface area contributed by atoms with Gasteiger partial charge in [0.15, 0.2) is 0 Å². The summed E-state index contributed by atoms with van der Waals surface area (Å²) in [6.45, 7) is 9.65. The Labute approximate surface area is 282 Å². The number of ether oxygens (including phenoxy) is 1. The summed E-state index contributed by atoms with van der Waals surface area (Å²) < 4.78 is 5.82. The Kier molecular flexibility index (Phi) is 12.3. The van der Waals surface area contributed by atoms with E-state index >= 15 is 0 Å². The number of hydrogen-bond donors (Lipinski definition) is 6. The van der Waals surface area contributed by atoms with Crippen LogP contribution in [-0.2, 0) is 9.53 Å². The molecule has 4 heterocycles. The molecule has 9 heteroatoms. The number of carbonyl (C=O) groups excluding carboxylic acids is 1. The van der Waals surface area contributed by atoms with E-state index in [2.05, 4.69) is 63.9 Å². The third-order valence-electron chi connectivity index (χ3n) is 12.2. The summed E-state index contributed by atoms with van der Waals surface area (Å²) in [5.41, 5.74) is 3.68. The van der Waals surface area contributed by atoms with Gasteiger partial charge in [0.05, 0.1) is 17.6 Å². The second kappa shape index (κ2) is 16.4. The molecule has 5 fully saturated rings. The Morgan fingerprint density at radius 3 is 2.50 bits per heavy atom. The highest BCUT2D eigenvalue weighted by Crippen LogP contribution is 2.47. The number of nitrogens with one attached hydrogen (secondary N) is 6. The number of rotatable bonds is 7. The van der Waals surface area contributed by atoms with Crippen LogP contribution in [0.15, 0.2) is 18.2 Å². The van der Waals surface area contributed by atoms with Gasteiger partial charge in [0.25, 0.3) is 0 Å². The smallest absolute Gasteiger partial charge is 0.239 e. The molecule has 1 aromatic carbocycles. The molecule has 5 aliphatic rings. The van der Waals surface area contributed by atoms with Crippen molar-refractivity contribution in [3.8, 4) is 0 Å². The van der Waals surface area contributed by atoms with Crippen molar-refractivity contribution in [3.05, 3.63) is 23.8 Å². The number of benzene rings is 1. The molecule has 1 aliphatic carbocycles. The molecule has 7 unspecified atom stereocenters. The van der Waals surface area contributed by atoms with Gasteiger partial charge in [0, 0.05) is 31.1 Å². The van der Waals surface area contributed by atoms with Crippen molar-refractivity contribution in [2.75, 3.05) is 50.5 Å². The van der Waals surface area contributed by atoms with E-state index in [-0.39, 0.29) is 23.4 Å². The van der Waals surface area contributed by atoms with Gasteiger partial charge in [0.2, 0.25) is 5.91 Å². The Morgan fingerprint density at radius 1 is 0.935 bits per heavy atom. The van der Waals surface area contributed by atoms with E-state index < -0.39 is 0 Å². The molecule has 6 N–H and O–H groups in total. The van der Waals surface area contributed by atoms with Crippen LogP contribution >= 0.6 is 11.8 Å². The average molecular weight is 655 g/mol. The van der Waals surface area contributed by atoms with E-state index in [9.17, 15) is 4.79 Å². The van der Waals surface area contributed by atoms with Gasteiger partial charge in [-0.25, -0.2) is 0 Å². The largest absolute Gasteiger partial charge is 0.380 e. The first-order chi connectivity index (χ1) is 22.4. The highest BCUT2D eigenvalue weighted by atomic mass is 32.2. The van der Waals surface area contributed by atoms with E-state index in [1.807, 2.05) is 18.9 Å². The molecule has 0 aromatic heterocycles. The molecule has 1 amide bonds. The zero-order valence-electron chi connectivity index (χ0n) is 28.8. The van der Waals surface area contributed by atoms with Gasteiger partial charge in [0.1, 0.15) is 5.25 Å².